The Morgan fingerprint density at radius 3 is 2.35 bits per heavy atom. The van der Waals surface area contributed by atoms with Gasteiger partial charge < -0.3 is 20.8 Å². The molecule has 1 unspecified atom stereocenters. The zero-order valence-corrected chi connectivity index (χ0v) is 20.5. The summed E-state index contributed by atoms with van der Waals surface area (Å²) >= 11 is 0. The third kappa shape index (κ3) is 6.74. The van der Waals surface area contributed by atoms with Gasteiger partial charge in [-0.15, -0.1) is 0 Å². The van der Waals surface area contributed by atoms with E-state index in [9.17, 15) is 15.0 Å². The van der Waals surface area contributed by atoms with Crippen LogP contribution in [0.1, 0.15) is 82.8 Å². The van der Waals surface area contributed by atoms with Crippen LogP contribution in [0.5, 0.6) is 0 Å². The minimum absolute atomic E-state index is 0.0773. The number of rotatable bonds is 10. The maximum absolute atomic E-state index is 11.4. The molecule has 2 aromatic rings. The molecule has 1 saturated carbocycles. The molecule has 1 fully saturated rings. The van der Waals surface area contributed by atoms with Crippen molar-refractivity contribution in [3.8, 4) is 6.07 Å². The van der Waals surface area contributed by atoms with Gasteiger partial charge in [0, 0.05) is 5.69 Å². The van der Waals surface area contributed by atoms with Gasteiger partial charge in [-0.3, -0.25) is 4.79 Å². The Balaban J connectivity index is 1.97. The number of carboxylic acids is 1. The van der Waals surface area contributed by atoms with Crippen LogP contribution >= 0.6 is 0 Å². The molecule has 0 spiro atoms. The lowest BCUT2D eigenvalue weighted by atomic mass is 9.77. The van der Waals surface area contributed by atoms with Crippen LogP contribution in [-0.4, -0.2) is 27.8 Å². The van der Waals surface area contributed by atoms with Crippen LogP contribution in [0.25, 0.3) is 0 Å². The normalized spacial score (nSPS) is 16.3. The smallest absolute Gasteiger partial charge is 0.303 e. The molecule has 0 aliphatic heterocycles. The second kappa shape index (κ2) is 11.4. The van der Waals surface area contributed by atoms with Gasteiger partial charge in [-0.25, -0.2) is 0 Å². The number of carbonyl (C=O) groups is 1. The van der Waals surface area contributed by atoms with Gasteiger partial charge >= 0.3 is 5.97 Å². The fraction of sp³-hybridized carbons (Fsp3) is 0.500. The second-order valence-corrected chi connectivity index (χ2v) is 10.00. The summed E-state index contributed by atoms with van der Waals surface area (Å²) in [5.41, 5.74) is 3.19. The van der Waals surface area contributed by atoms with E-state index < -0.39 is 11.6 Å². The largest absolute Gasteiger partial charge is 0.481 e. The third-order valence-electron chi connectivity index (χ3n) is 6.92. The molecule has 2 atom stereocenters. The molecule has 6 nitrogen and oxygen atoms in total. The van der Waals surface area contributed by atoms with Crippen molar-refractivity contribution in [2.24, 2.45) is 5.92 Å². The summed E-state index contributed by atoms with van der Waals surface area (Å²) in [5, 5.41) is 36.6. The number of anilines is 3. The van der Waals surface area contributed by atoms with Gasteiger partial charge in [-0.2, -0.15) is 5.26 Å². The van der Waals surface area contributed by atoms with Gasteiger partial charge in [0.05, 0.1) is 41.1 Å². The summed E-state index contributed by atoms with van der Waals surface area (Å²) in [4.78, 5) is 11.4. The van der Waals surface area contributed by atoms with Crippen molar-refractivity contribution < 1.29 is 15.0 Å². The van der Waals surface area contributed by atoms with Crippen LogP contribution in [0, 0.1) is 17.2 Å². The lowest BCUT2D eigenvalue weighted by Gasteiger charge is -2.39. The zero-order chi connectivity index (χ0) is 24.7. The number of nitrogens with zero attached hydrogens (tertiary/aromatic N) is 1. The quantitative estimate of drug-likeness (QED) is 0.325. The number of benzene rings is 2. The number of nitriles is 1. The molecule has 2 aromatic carbocycles. The first kappa shape index (κ1) is 25.6. The molecular weight excluding hydrogens is 426 g/mol. The van der Waals surface area contributed by atoms with E-state index in [-0.39, 0.29) is 18.4 Å². The van der Waals surface area contributed by atoms with Crippen molar-refractivity contribution in [1.29, 1.82) is 5.26 Å². The summed E-state index contributed by atoms with van der Waals surface area (Å²) in [5.74, 6) is -0.516. The number of carboxylic acid groups (broad SMARTS) is 1. The minimum atomic E-state index is -0.901. The van der Waals surface area contributed by atoms with E-state index in [1.54, 1.807) is 12.1 Å². The molecule has 1 aliphatic rings. The number of aliphatic hydroxyl groups is 1. The Bertz CT molecular complexity index is 999. The van der Waals surface area contributed by atoms with Crippen LogP contribution in [0.15, 0.2) is 42.5 Å². The van der Waals surface area contributed by atoms with Crippen LogP contribution in [0.3, 0.4) is 0 Å². The monoisotopic (exact) mass is 463 g/mol. The first-order valence-electron chi connectivity index (χ1n) is 12.3. The van der Waals surface area contributed by atoms with E-state index in [1.165, 1.54) is 19.3 Å². The van der Waals surface area contributed by atoms with Crippen molar-refractivity contribution in [1.82, 2.24) is 0 Å². The predicted octanol–water partition coefficient (Wildman–Crippen LogP) is 6.40. The first-order chi connectivity index (χ1) is 16.2. The Hall–Kier alpha value is -3.04. The number of aliphatic carboxylic acids is 1. The van der Waals surface area contributed by atoms with Crippen LogP contribution in [-0.2, 0) is 4.79 Å². The minimum Gasteiger partial charge on any atom is -0.481 e. The Morgan fingerprint density at radius 1 is 1.12 bits per heavy atom. The first-order valence-corrected chi connectivity index (χ1v) is 12.3. The highest BCUT2D eigenvalue weighted by molar-refractivity contribution is 5.76. The summed E-state index contributed by atoms with van der Waals surface area (Å²) in [7, 11) is 0. The lowest BCUT2D eigenvalue weighted by Crippen LogP contribution is -2.47. The Labute approximate surface area is 203 Å². The Morgan fingerprint density at radius 2 is 1.79 bits per heavy atom. The summed E-state index contributed by atoms with van der Waals surface area (Å²) in [6, 6.07) is 15.3. The van der Waals surface area contributed by atoms with E-state index >= 15 is 0 Å². The molecule has 1 aliphatic carbocycles. The van der Waals surface area contributed by atoms with E-state index in [1.807, 2.05) is 51.1 Å². The van der Waals surface area contributed by atoms with Crippen molar-refractivity contribution in [2.75, 3.05) is 10.6 Å². The van der Waals surface area contributed by atoms with Crippen molar-refractivity contribution in [3.05, 3.63) is 53.6 Å². The van der Waals surface area contributed by atoms with E-state index in [4.69, 9.17) is 5.26 Å². The highest BCUT2D eigenvalue weighted by atomic mass is 16.4. The Kier molecular flexibility index (Phi) is 8.57. The van der Waals surface area contributed by atoms with Gasteiger partial charge in [-0.1, -0.05) is 32.3 Å². The second-order valence-electron chi connectivity index (χ2n) is 10.00. The van der Waals surface area contributed by atoms with Crippen LogP contribution < -0.4 is 10.6 Å². The lowest BCUT2D eigenvalue weighted by molar-refractivity contribution is -0.137. The topological polar surface area (TPSA) is 105 Å². The summed E-state index contributed by atoms with van der Waals surface area (Å²) in [6.45, 7) is 5.73. The molecule has 34 heavy (non-hydrogen) atoms. The molecule has 0 aromatic heterocycles. The van der Waals surface area contributed by atoms with Gasteiger partial charge in [0.25, 0.3) is 0 Å². The van der Waals surface area contributed by atoms with Crippen LogP contribution in [0.2, 0.25) is 0 Å². The SMILES string of the molecule is CCC(CC(=O)O)c1ccc(N[C@@H](C2CCCCC2)C(C)(C)O)c(Nc2ccc(C#N)cc2)c1. The zero-order valence-electron chi connectivity index (χ0n) is 20.5. The molecule has 0 bridgehead atoms. The van der Waals surface area contributed by atoms with E-state index in [0.29, 0.717) is 11.5 Å². The number of hydrogen-bond acceptors (Lipinski definition) is 5. The molecule has 0 saturated heterocycles. The van der Waals surface area contributed by atoms with E-state index in [2.05, 4.69) is 16.7 Å². The summed E-state index contributed by atoms with van der Waals surface area (Å²) < 4.78 is 0. The van der Waals surface area contributed by atoms with Gasteiger partial charge in [0.2, 0.25) is 0 Å². The number of nitrogens with one attached hydrogen (secondary N) is 2. The molecule has 0 amide bonds. The highest BCUT2D eigenvalue weighted by Gasteiger charge is 2.35. The van der Waals surface area contributed by atoms with Crippen molar-refractivity contribution in [2.45, 2.75) is 83.3 Å². The highest BCUT2D eigenvalue weighted by Crippen LogP contribution is 2.37. The van der Waals surface area contributed by atoms with E-state index in [0.717, 1.165) is 41.9 Å². The van der Waals surface area contributed by atoms with Gasteiger partial charge in [0.15, 0.2) is 0 Å². The fourth-order valence-electron chi connectivity index (χ4n) is 5.04. The average molecular weight is 464 g/mol. The van der Waals surface area contributed by atoms with Crippen molar-refractivity contribution in [3.63, 3.8) is 0 Å². The van der Waals surface area contributed by atoms with Gasteiger partial charge in [0.1, 0.15) is 0 Å². The molecule has 0 radical (unpaired) electrons. The predicted molar refractivity (Wildman–Crippen MR) is 136 cm³/mol. The maximum Gasteiger partial charge on any atom is 0.303 e. The standard InChI is InChI=1S/C28H37N3O3/c1-4-20(17-26(32)33)22-12-15-24(25(16-22)30-23-13-10-19(18-29)11-14-23)31-27(28(2,3)34)21-8-6-5-7-9-21/h10-16,20-21,27,30-31,34H,4-9,17H2,1-3H3,(H,32,33)/t20?,27-/m0/s1. The third-order valence-corrected chi connectivity index (χ3v) is 6.92. The molecular formula is C28H37N3O3. The molecule has 3 rings (SSSR count). The molecule has 6 heteroatoms. The maximum atomic E-state index is 11.4. The van der Waals surface area contributed by atoms with Crippen molar-refractivity contribution >= 4 is 23.0 Å². The summed E-state index contributed by atoms with van der Waals surface area (Å²) in [6.07, 6.45) is 6.60. The molecule has 4 N–H and O–H groups in total. The van der Waals surface area contributed by atoms with Gasteiger partial charge in [-0.05, 0) is 86.9 Å². The molecule has 0 heterocycles. The van der Waals surface area contributed by atoms with Crippen LogP contribution in [0.4, 0.5) is 17.1 Å². The molecule has 182 valence electrons. The fourth-order valence-corrected chi connectivity index (χ4v) is 5.04. The average Bonchev–Trinajstić information content (AvgIpc) is 2.82. The number of hydrogen-bond donors (Lipinski definition) is 4.